The number of anilines is 1. The van der Waals surface area contributed by atoms with Gasteiger partial charge in [0, 0.05) is 29.4 Å². The zero-order valence-corrected chi connectivity index (χ0v) is 12.0. The van der Waals surface area contributed by atoms with E-state index < -0.39 is 6.10 Å². The quantitative estimate of drug-likeness (QED) is 0.891. The predicted octanol–water partition coefficient (Wildman–Crippen LogP) is 2.84. The van der Waals surface area contributed by atoms with Crippen LogP contribution in [0.1, 0.15) is 24.2 Å². The number of phenols is 1. The van der Waals surface area contributed by atoms with Crippen LogP contribution in [0.15, 0.2) is 42.5 Å². The minimum Gasteiger partial charge on any atom is -0.507 e. The Morgan fingerprint density at radius 3 is 2.76 bits per heavy atom. The van der Waals surface area contributed by atoms with E-state index in [1.807, 2.05) is 24.3 Å². The fraction of sp³-hybridized carbons (Fsp3) is 0.294. The number of nitrogens with zero attached hydrogens (tertiary/aromatic N) is 1. The van der Waals surface area contributed by atoms with Crippen LogP contribution < -0.4 is 9.64 Å². The Morgan fingerprint density at radius 2 is 2.00 bits per heavy atom. The number of hydrogen-bond acceptors (Lipinski definition) is 4. The number of ether oxygens (including phenoxy) is 1. The molecule has 0 saturated carbocycles. The fourth-order valence-electron chi connectivity index (χ4n) is 2.63. The molecule has 4 nitrogen and oxygen atoms in total. The first-order valence-corrected chi connectivity index (χ1v) is 7.12. The van der Waals surface area contributed by atoms with Crippen LogP contribution >= 0.6 is 0 Å². The molecule has 1 unspecified atom stereocenters. The van der Waals surface area contributed by atoms with Gasteiger partial charge in [0.25, 0.3) is 0 Å². The molecule has 2 N–H and O–H groups in total. The Hall–Kier alpha value is -2.20. The molecule has 1 atom stereocenters. The fourth-order valence-corrected chi connectivity index (χ4v) is 2.63. The molecule has 21 heavy (non-hydrogen) atoms. The molecule has 4 heteroatoms. The monoisotopic (exact) mass is 285 g/mol. The second-order valence-corrected chi connectivity index (χ2v) is 5.30. The van der Waals surface area contributed by atoms with Crippen molar-refractivity contribution < 1.29 is 14.9 Å². The zero-order chi connectivity index (χ0) is 14.8. The van der Waals surface area contributed by atoms with Gasteiger partial charge in [-0.05, 0) is 19.1 Å². The van der Waals surface area contributed by atoms with E-state index in [0.717, 1.165) is 30.1 Å². The first-order valence-electron chi connectivity index (χ1n) is 7.12. The van der Waals surface area contributed by atoms with Gasteiger partial charge < -0.3 is 19.8 Å². The van der Waals surface area contributed by atoms with Crippen molar-refractivity contribution in [2.45, 2.75) is 19.6 Å². The van der Waals surface area contributed by atoms with E-state index in [2.05, 4.69) is 11.0 Å². The van der Waals surface area contributed by atoms with Gasteiger partial charge in [-0.1, -0.05) is 24.3 Å². The molecule has 2 aromatic rings. The standard InChI is InChI=1S/C17H19NO3/c1-12(19)15-7-6-14(10-16(15)20)18-8-9-21-17-5-3-2-4-13(17)11-18/h2-7,10,12,19-20H,8-9,11H2,1H3. The Kier molecular flexibility index (Phi) is 3.71. The summed E-state index contributed by atoms with van der Waals surface area (Å²) in [6.07, 6.45) is -0.674. The Labute approximate surface area is 124 Å². The van der Waals surface area contributed by atoms with Crippen LogP contribution in [0.3, 0.4) is 0 Å². The van der Waals surface area contributed by atoms with E-state index in [1.54, 1.807) is 19.1 Å². The van der Waals surface area contributed by atoms with Gasteiger partial charge >= 0.3 is 0 Å². The van der Waals surface area contributed by atoms with Gasteiger partial charge in [-0.25, -0.2) is 0 Å². The molecule has 2 aromatic carbocycles. The molecule has 0 bridgehead atoms. The zero-order valence-electron chi connectivity index (χ0n) is 12.0. The summed E-state index contributed by atoms with van der Waals surface area (Å²) < 4.78 is 5.75. The van der Waals surface area contributed by atoms with E-state index in [0.29, 0.717) is 12.2 Å². The van der Waals surface area contributed by atoms with Crippen LogP contribution in [0.4, 0.5) is 5.69 Å². The number of aromatic hydroxyl groups is 1. The summed E-state index contributed by atoms with van der Waals surface area (Å²) in [5.74, 6) is 1.05. The number of phenolic OH excluding ortho intramolecular Hbond substituents is 1. The molecule has 0 aromatic heterocycles. The van der Waals surface area contributed by atoms with E-state index in [-0.39, 0.29) is 5.75 Å². The molecular weight excluding hydrogens is 266 g/mol. The Bertz CT molecular complexity index is 640. The number of aliphatic hydroxyl groups excluding tert-OH is 1. The average molecular weight is 285 g/mol. The summed E-state index contributed by atoms with van der Waals surface area (Å²) >= 11 is 0. The van der Waals surface area contributed by atoms with Gasteiger partial charge in [0.15, 0.2) is 0 Å². The highest BCUT2D eigenvalue weighted by molar-refractivity contribution is 5.55. The summed E-state index contributed by atoms with van der Waals surface area (Å²) in [4.78, 5) is 2.16. The third kappa shape index (κ3) is 2.81. The average Bonchev–Trinajstić information content (AvgIpc) is 2.68. The lowest BCUT2D eigenvalue weighted by atomic mass is 10.1. The lowest BCUT2D eigenvalue weighted by Crippen LogP contribution is -2.25. The maximum atomic E-state index is 10.0. The maximum absolute atomic E-state index is 10.0. The number of aliphatic hydroxyl groups is 1. The van der Waals surface area contributed by atoms with Crippen LogP contribution in [-0.4, -0.2) is 23.4 Å². The van der Waals surface area contributed by atoms with Gasteiger partial charge in [0.2, 0.25) is 0 Å². The van der Waals surface area contributed by atoms with Crippen molar-refractivity contribution in [2.75, 3.05) is 18.1 Å². The number of rotatable bonds is 2. The van der Waals surface area contributed by atoms with Crippen molar-refractivity contribution in [1.82, 2.24) is 0 Å². The van der Waals surface area contributed by atoms with Crippen molar-refractivity contribution in [1.29, 1.82) is 0 Å². The Balaban J connectivity index is 1.89. The molecule has 0 saturated heterocycles. The first-order chi connectivity index (χ1) is 10.1. The minimum absolute atomic E-state index is 0.126. The highest BCUT2D eigenvalue weighted by Gasteiger charge is 2.17. The lowest BCUT2D eigenvalue weighted by Gasteiger charge is -2.23. The maximum Gasteiger partial charge on any atom is 0.124 e. The summed E-state index contributed by atoms with van der Waals surface area (Å²) in [6.45, 7) is 3.74. The summed E-state index contributed by atoms with van der Waals surface area (Å²) in [6, 6.07) is 13.4. The van der Waals surface area contributed by atoms with Crippen LogP contribution in [-0.2, 0) is 6.54 Å². The van der Waals surface area contributed by atoms with Crippen molar-refractivity contribution in [3.05, 3.63) is 53.6 Å². The van der Waals surface area contributed by atoms with Crippen LogP contribution in [0.5, 0.6) is 11.5 Å². The van der Waals surface area contributed by atoms with Crippen molar-refractivity contribution >= 4 is 5.69 Å². The molecule has 0 fully saturated rings. The van der Waals surface area contributed by atoms with Crippen molar-refractivity contribution in [3.8, 4) is 11.5 Å². The molecule has 1 aliphatic heterocycles. The molecule has 0 aliphatic carbocycles. The van der Waals surface area contributed by atoms with Gasteiger partial charge in [0.05, 0.1) is 12.6 Å². The highest BCUT2D eigenvalue weighted by Crippen LogP contribution is 2.31. The van der Waals surface area contributed by atoms with Crippen molar-refractivity contribution in [2.24, 2.45) is 0 Å². The molecule has 110 valence electrons. The normalized spacial score (nSPS) is 15.8. The molecule has 0 spiro atoms. The predicted molar refractivity (Wildman–Crippen MR) is 81.7 cm³/mol. The molecule has 0 radical (unpaired) electrons. The number of para-hydroxylation sites is 1. The number of hydrogen-bond donors (Lipinski definition) is 2. The van der Waals surface area contributed by atoms with E-state index in [4.69, 9.17) is 4.74 Å². The van der Waals surface area contributed by atoms with E-state index in [1.165, 1.54) is 0 Å². The third-order valence-electron chi connectivity index (χ3n) is 3.78. The number of fused-ring (bicyclic) bond motifs is 1. The summed E-state index contributed by atoms with van der Waals surface area (Å²) in [5.41, 5.74) is 2.61. The first kappa shape index (κ1) is 13.8. The van der Waals surface area contributed by atoms with Crippen LogP contribution in [0, 0.1) is 0 Å². The lowest BCUT2D eigenvalue weighted by molar-refractivity contribution is 0.195. The largest absolute Gasteiger partial charge is 0.507 e. The molecule has 0 amide bonds. The minimum atomic E-state index is -0.674. The molecular formula is C17H19NO3. The van der Waals surface area contributed by atoms with Gasteiger partial charge in [0.1, 0.15) is 18.1 Å². The van der Waals surface area contributed by atoms with E-state index >= 15 is 0 Å². The summed E-state index contributed by atoms with van der Waals surface area (Å²) in [7, 11) is 0. The second-order valence-electron chi connectivity index (χ2n) is 5.30. The number of benzene rings is 2. The molecule has 1 aliphatic rings. The molecule has 3 rings (SSSR count). The van der Waals surface area contributed by atoms with Crippen LogP contribution in [0.2, 0.25) is 0 Å². The topological polar surface area (TPSA) is 52.9 Å². The highest BCUT2D eigenvalue weighted by atomic mass is 16.5. The SMILES string of the molecule is CC(O)c1ccc(N2CCOc3ccccc3C2)cc1O. The van der Waals surface area contributed by atoms with Gasteiger partial charge in [-0.3, -0.25) is 0 Å². The Morgan fingerprint density at radius 1 is 1.19 bits per heavy atom. The smallest absolute Gasteiger partial charge is 0.124 e. The summed E-state index contributed by atoms with van der Waals surface area (Å²) in [5, 5.41) is 19.6. The van der Waals surface area contributed by atoms with Crippen LogP contribution in [0.25, 0.3) is 0 Å². The second kappa shape index (κ2) is 5.66. The van der Waals surface area contributed by atoms with Gasteiger partial charge in [-0.2, -0.15) is 0 Å². The van der Waals surface area contributed by atoms with Gasteiger partial charge in [-0.15, -0.1) is 0 Å². The van der Waals surface area contributed by atoms with E-state index in [9.17, 15) is 10.2 Å². The molecule has 1 heterocycles. The van der Waals surface area contributed by atoms with Crippen molar-refractivity contribution in [3.63, 3.8) is 0 Å². The third-order valence-corrected chi connectivity index (χ3v) is 3.78.